The summed E-state index contributed by atoms with van der Waals surface area (Å²) in [5, 5.41) is 1.20. The molecule has 12 heavy (non-hydrogen) atoms. The SMILES string of the molecule is Cc1c(Cl)cc(Cl)c2nsnc12. The zero-order valence-electron chi connectivity index (χ0n) is 6.14. The first-order valence-corrected chi connectivity index (χ1v) is 4.75. The van der Waals surface area contributed by atoms with Gasteiger partial charge in [0.2, 0.25) is 0 Å². The molecule has 62 valence electrons. The summed E-state index contributed by atoms with van der Waals surface area (Å²) in [5.41, 5.74) is 2.48. The van der Waals surface area contributed by atoms with Gasteiger partial charge in [0.05, 0.1) is 16.8 Å². The molecule has 1 aromatic carbocycles. The third-order valence-electron chi connectivity index (χ3n) is 1.68. The van der Waals surface area contributed by atoms with Crippen molar-refractivity contribution < 1.29 is 0 Å². The first-order valence-electron chi connectivity index (χ1n) is 3.27. The molecule has 0 bridgehead atoms. The van der Waals surface area contributed by atoms with Crippen molar-refractivity contribution in [2.45, 2.75) is 6.92 Å². The molecule has 0 saturated heterocycles. The summed E-state index contributed by atoms with van der Waals surface area (Å²) in [6, 6.07) is 1.70. The van der Waals surface area contributed by atoms with Gasteiger partial charge in [-0.1, -0.05) is 23.2 Å². The second kappa shape index (κ2) is 2.83. The van der Waals surface area contributed by atoms with Crippen molar-refractivity contribution in [1.29, 1.82) is 0 Å². The molecular weight excluding hydrogens is 215 g/mol. The highest BCUT2D eigenvalue weighted by molar-refractivity contribution is 7.00. The second-order valence-electron chi connectivity index (χ2n) is 2.43. The van der Waals surface area contributed by atoms with Gasteiger partial charge in [-0.2, -0.15) is 8.75 Å². The molecule has 5 heteroatoms. The Balaban J connectivity index is 2.97. The minimum Gasteiger partial charge on any atom is -0.173 e. The largest absolute Gasteiger partial charge is 0.173 e. The van der Waals surface area contributed by atoms with E-state index in [4.69, 9.17) is 23.2 Å². The minimum absolute atomic E-state index is 0.564. The van der Waals surface area contributed by atoms with E-state index in [9.17, 15) is 0 Å². The Morgan fingerprint density at radius 3 is 2.58 bits per heavy atom. The Morgan fingerprint density at radius 2 is 1.83 bits per heavy atom. The average Bonchev–Trinajstić information content (AvgIpc) is 2.48. The van der Waals surface area contributed by atoms with E-state index in [1.165, 1.54) is 0 Å². The standard InChI is InChI=1S/C7H4Cl2N2S/c1-3-4(8)2-5(9)7-6(3)10-12-11-7/h2H,1H3. The van der Waals surface area contributed by atoms with Gasteiger partial charge in [-0.15, -0.1) is 0 Å². The lowest BCUT2D eigenvalue weighted by atomic mass is 10.2. The molecular formula is C7H4Cl2N2S. The van der Waals surface area contributed by atoms with Crippen molar-refractivity contribution >= 4 is 46.0 Å². The lowest BCUT2D eigenvalue weighted by Gasteiger charge is -1.98. The molecule has 0 radical (unpaired) electrons. The van der Waals surface area contributed by atoms with Crippen LogP contribution in [0.15, 0.2) is 6.07 Å². The zero-order valence-corrected chi connectivity index (χ0v) is 8.46. The van der Waals surface area contributed by atoms with Crippen LogP contribution in [-0.2, 0) is 0 Å². The highest BCUT2D eigenvalue weighted by Crippen LogP contribution is 2.30. The van der Waals surface area contributed by atoms with Gasteiger partial charge in [-0.3, -0.25) is 0 Å². The van der Waals surface area contributed by atoms with Crippen LogP contribution >= 0.6 is 34.9 Å². The van der Waals surface area contributed by atoms with Crippen molar-refractivity contribution in [3.05, 3.63) is 21.7 Å². The average molecular weight is 219 g/mol. The number of aryl methyl sites for hydroxylation is 1. The number of halogens is 2. The number of fused-ring (bicyclic) bond motifs is 1. The fraction of sp³-hybridized carbons (Fsp3) is 0.143. The molecule has 0 atom stereocenters. The van der Waals surface area contributed by atoms with E-state index in [-0.39, 0.29) is 0 Å². The predicted octanol–water partition coefficient (Wildman–Crippen LogP) is 3.31. The van der Waals surface area contributed by atoms with Crippen LogP contribution in [0, 0.1) is 6.92 Å². The normalized spacial score (nSPS) is 10.9. The quantitative estimate of drug-likeness (QED) is 0.679. The van der Waals surface area contributed by atoms with Crippen molar-refractivity contribution in [2.24, 2.45) is 0 Å². The van der Waals surface area contributed by atoms with Crippen molar-refractivity contribution in [3.63, 3.8) is 0 Å². The number of hydrogen-bond acceptors (Lipinski definition) is 3. The molecule has 0 amide bonds. The summed E-state index contributed by atoms with van der Waals surface area (Å²) in [7, 11) is 0. The van der Waals surface area contributed by atoms with Gasteiger partial charge in [-0.05, 0) is 18.6 Å². The van der Waals surface area contributed by atoms with Crippen LogP contribution in [0.3, 0.4) is 0 Å². The first kappa shape index (κ1) is 8.23. The number of rotatable bonds is 0. The number of aromatic nitrogens is 2. The Labute approximate surface area is 83.4 Å². The van der Waals surface area contributed by atoms with Gasteiger partial charge in [0.1, 0.15) is 11.0 Å². The Bertz CT molecular complexity index is 438. The highest BCUT2D eigenvalue weighted by Gasteiger charge is 2.09. The van der Waals surface area contributed by atoms with Crippen LogP contribution in [-0.4, -0.2) is 8.75 Å². The van der Waals surface area contributed by atoms with Crippen LogP contribution in [0.25, 0.3) is 11.0 Å². The molecule has 0 spiro atoms. The Hall–Kier alpha value is -0.380. The topological polar surface area (TPSA) is 25.8 Å². The molecule has 2 aromatic rings. The van der Waals surface area contributed by atoms with E-state index < -0.39 is 0 Å². The fourth-order valence-corrected chi connectivity index (χ4v) is 2.15. The third-order valence-corrected chi connectivity index (χ3v) is 2.89. The maximum absolute atomic E-state index is 5.90. The van der Waals surface area contributed by atoms with Gasteiger partial charge in [-0.25, -0.2) is 0 Å². The zero-order chi connectivity index (χ0) is 8.72. The smallest absolute Gasteiger partial charge is 0.123 e. The maximum atomic E-state index is 5.90. The summed E-state index contributed by atoms with van der Waals surface area (Å²) in [4.78, 5) is 0. The first-order chi connectivity index (χ1) is 5.70. The molecule has 2 rings (SSSR count). The Kier molecular flexibility index (Phi) is 1.94. The predicted molar refractivity (Wildman–Crippen MR) is 52.2 cm³/mol. The van der Waals surface area contributed by atoms with E-state index in [1.54, 1.807) is 6.07 Å². The molecule has 0 saturated carbocycles. The molecule has 0 N–H and O–H groups in total. The lowest BCUT2D eigenvalue weighted by Crippen LogP contribution is -1.80. The molecule has 1 aromatic heterocycles. The van der Waals surface area contributed by atoms with Crippen LogP contribution in [0.1, 0.15) is 5.56 Å². The van der Waals surface area contributed by atoms with Crippen molar-refractivity contribution in [2.75, 3.05) is 0 Å². The maximum Gasteiger partial charge on any atom is 0.123 e. The summed E-state index contributed by atoms with van der Waals surface area (Å²) < 4.78 is 8.16. The van der Waals surface area contributed by atoms with E-state index in [0.717, 1.165) is 28.3 Å². The summed E-state index contributed by atoms with van der Waals surface area (Å²) >= 11 is 12.9. The van der Waals surface area contributed by atoms with E-state index in [0.29, 0.717) is 10.0 Å². The fourth-order valence-electron chi connectivity index (χ4n) is 0.992. The minimum atomic E-state index is 0.564. The van der Waals surface area contributed by atoms with Gasteiger partial charge >= 0.3 is 0 Å². The molecule has 0 unspecified atom stereocenters. The molecule has 0 fully saturated rings. The molecule has 0 aliphatic rings. The Morgan fingerprint density at radius 1 is 1.17 bits per heavy atom. The molecule has 1 heterocycles. The van der Waals surface area contributed by atoms with E-state index >= 15 is 0 Å². The molecule has 0 aliphatic heterocycles. The number of benzene rings is 1. The molecule has 2 nitrogen and oxygen atoms in total. The van der Waals surface area contributed by atoms with Crippen LogP contribution in [0.4, 0.5) is 0 Å². The van der Waals surface area contributed by atoms with E-state index in [1.807, 2.05) is 6.92 Å². The van der Waals surface area contributed by atoms with Crippen molar-refractivity contribution in [1.82, 2.24) is 8.75 Å². The number of nitrogens with zero attached hydrogens (tertiary/aromatic N) is 2. The monoisotopic (exact) mass is 218 g/mol. The lowest BCUT2D eigenvalue weighted by molar-refractivity contribution is 1.48. The summed E-state index contributed by atoms with van der Waals surface area (Å²) in [6.45, 7) is 1.91. The summed E-state index contributed by atoms with van der Waals surface area (Å²) in [6.07, 6.45) is 0. The van der Waals surface area contributed by atoms with Gasteiger partial charge in [0.15, 0.2) is 0 Å². The second-order valence-corrected chi connectivity index (χ2v) is 3.77. The number of hydrogen-bond donors (Lipinski definition) is 0. The van der Waals surface area contributed by atoms with Crippen LogP contribution in [0.2, 0.25) is 10.0 Å². The molecule has 0 aliphatic carbocycles. The van der Waals surface area contributed by atoms with Gasteiger partial charge in [0.25, 0.3) is 0 Å². The highest BCUT2D eigenvalue weighted by atomic mass is 35.5. The van der Waals surface area contributed by atoms with Gasteiger partial charge in [0, 0.05) is 5.02 Å². The third kappa shape index (κ3) is 1.09. The summed E-state index contributed by atoms with van der Waals surface area (Å²) in [5.74, 6) is 0. The van der Waals surface area contributed by atoms with Crippen LogP contribution in [0.5, 0.6) is 0 Å². The van der Waals surface area contributed by atoms with Gasteiger partial charge < -0.3 is 0 Å². The van der Waals surface area contributed by atoms with Crippen LogP contribution < -0.4 is 0 Å². The van der Waals surface area contributed by atoms with Crippen molar-refractivity contribution in [3.8, 4) is 0 Å². The van der Waals surface area contributed by atoms with E-state index in [2.05, 4.69) is 8.75 Å².